The molecule has 0 aromatic heterocycles. The van der Waals surface area contributed by atoms with Crippen molar-refractivity contribution in [2.75, 3.05) is 13.2 Å². The minimum absolute atomic E-state index is 0.388. The quantitative estimate of drug-likeness (QED) is 0.649. The van der Waals surface area contributed by atoms with Crippen molar-refractivity contribution in [3.05, 3.63) is 35.9 Å². The molecule has 0 spiro atoms. The summed E-state index contributed by atoms with van der Waals surface area (Å²) in [6.07, 6.45) is 0.813. The summed E-state index contributed by atoms with van der Waals surface area (Å²) in [7, 11) is 0. The van der Waals surface area contributed by atoms with E-state index in [4.69, 9.17) is 10.00 Å². The van der Waals surface area contributed by atoms with Gasteiger partial charge in [0.1, 0.15) is 5.41 Å². The lowest BCUT2D eigenvalue weighted by molar-refractivity contribution is 0.186. The van der Waals surface area contributed by atoms with Gasteiger partial charge in [-0.3, -0.25) is 0 Å². The number of hydrogen-bond donors (Lipinski definition) is 0. The van der Waals surface area contributed by atoms with Crippen LogP contribution < -0.4 is 0 Å². The highest BCUT2D eigenvalue weighted by molar-refractivity contribution is 5.33. The molecular formula is C11H11NO. The van der Waals surface area contributed by atoms with Crippen LogP contribution in [0.3, 0.4) is 0 Å². The predicted octanol–water partition coefficient (Wildman–Crippen LogP) is 1.87. The van der Waals surface area contributed by atoms with E-state index >= 15 is 0 Å². The molecule has 0 aliphatic carbocycles. The highest BCUT2D eigenvalue weighted by Gasteiger charge is 2.36. The Balaban J connectivity index is 2.38. The van der Waals surface area contributed by atoms with Gasteiger partial charge in [0.15, 0.2) is 0 Å². The van der Waals surface area contributed by atoms with Crippen LogP contribution in [0.15, 0.2) is 30.3 Å². The Morgan fingerprint density at radius 1 is 1.31 bits per heavy atom. The van der Waals surface area contributed by atoms with Crippen LogP contribution in [0.2, 0.25) is 0 Å². The summed E-state index contributed by atoms with van der Waals surface area (Å²) < 4.78 is 5.28. The van der Waals surface area contributed by atoms with Crippen molar-refractivity contribution in [3.8, 4) is 6.07 Å². The molecule has 2 heteroatoms. The van der Waals surface area contributed by atoms with Gasteiger partial charge in [-0.15, -0.1) is 0 Å². The Morgan fingerprint density at radius 2 is 2.08 bits per heavy atom. The second kappa shape index (κ2) is 3.20. The van der Waals surface area contributed by atoms with E-state index in [1.54, 1.807) is 0 Å². The van der Waals surface area contributed by atoms with E-state index in [1.807, 2.05) is 30.3 Å². The fraction of sp³-hybridized carbons (Fsp3) is 0.364. The first-order valence-corrected chi connectivity index (χ1v) is 4.42. The van der Waals surface area contributed by atoms with Crippen molar-refractivity contribution < 1.29 is 4.74 Å². The summed E-state index contributed by atoms with van der Waals surface area (Å²) in [6.45, 7) is 1.23. The van der Waals surface area contributed by atoms with Gasteiger partial charge in [0.2, 0.25) is 0 Å². The average molecular weight is 173 g/mol. The van der Waals surface area contributed by atoms with Crippen molar-refractivity contribution in [3.63, 3.8) is 0 Å². The van der Waals surface area contributed by atoms with Crippen molar-refractivity contribution in [1.29, 1.82) is 5.26 Å². The molecule has 1 saturated heterocycles. The van der Waals surface area contributed by atoms with Crippen LogP contribution >= 0.6 is 0 Å². The molecule has 0 saturated carbocycles. The second-order valence-electron chi connectivity index (χ2n) is 3.36. The highest BCUT2D eigenvalue weighted by atomic mass is 16.5. The number of nitriles is 1. The Bertz CT molecular complexity index is 320. The third-order valence-corrected chi connectivity index (χ3v) is 2.56. The number of hydrogen-bond acceptors (Lipinski definition) is 2. The molecule has 1 aromatic carbocycles. The van der Waals surface area contributed by atoms with Crippen LogP contribution in [0, 0.1) is 11.3 Å². The molecule has 0 N–H and O–H groups in total. The minimum Gasteiger partial charge on any atom is -0.379 e. The van der Waals surface area contributed by atoms with Crippen molar-refractivity contribution >= 4 is 0 Å². The first-order chi connectivity index (χ1) is 6.37. The maximum Gasteiger partial charge on any atom is 0.108 e. The summed E-state index contributed by atoms with van der Waals surface area (Å²) in [5.41, 5.74) is 0.691. The normalized spacial score (nSPS) is 27.0. The summed E-state index contributed by atoms with van der Waals surface area (Å²) in [6, 6.07) is 12.3. The first kappa shape index (κ1) is 8.28. The van der Waals surface area contributed by atoms with Crippen LogP contribution in [0.1, 0.15) is 12.0 Å². The van der Waals surface area contributed by atoms with Gasteiger partial charge in [-0.1, -0.05) is 30.3 Å². The number of ether oxygens (including phenoxy) is 1. The van der Waals surface area contributed by atoms with Crippen molar-refractivity contribution in [2.24, 2.45) is 0 Å². The third-order valence-electron chi connectivity index (χ3n) is 2.56. The minimum atomic E-state index is -0.388. The van der Waals surface area contributed by atoms with Crippen molar-refractivity contribution in [1.82, 2.24) is 0 Å². The molecule has 1 atom stereocenters. The van der Waals surface area contributed by atoms with E-state index in [0.717, 1.165) is 12.0 Å². The summed E-state index contributed by atoms with van der Waals surface area (Å²) in [5, 5.41) is 9.14. The van der Waals surface area contributed by atoms with E-state index in [0.29, 0.717) is 13.2 Å². The van der Waals surface area contributed by atoms with Gasteiger partial charge < -0.3 is 4.74 Å². The van der Waals surface area contributed by atoms with Crippen molar-refractivity contribution in [2.45, 2.75) is 11.8 Å². The second-order valence-corrected chi connectivity index (χ2v) is 3.36. The molecule has 0 amide bonds. The van der Waals surface area contributed by atoms with Crippen LogP contribution in [-0.4, -0.2) is 13.2 Å². The van der Waals surface area contributed by atoms with Gasteiger partial charge in [-0.25, -0.2) is 0 Å². The molecule has 1 aliphatic heterocycles. The van der Waals surface area contributed by atoms with Gasteiger partial charge in [-0.05, 0) is 12.0 Å². The maximum atomic E-state index is 9.14. The third kappa shape index (κ3) is 1.32. The van der Waals surface area contributed by atoms with Crippen LogP contribution in [0.5, 0.6) is 0 Å². The van der Waals surface area contributed by atoms with E-state index in [1.165, 1.54) is 0 Å². The first-order valence-electron chi connectivity index (χ1n) is 4.42. The fourth-order valence-corrected chi connectivity index (χ4v) is 1.70. The van der Waals surface area contributed by atoms with Gasteiger partial charge in [0.05, 0.1) is 12.7 Å². The van der Waals surface area contributed by atoms with Gasteiger partial charge >= 0.3 is 0 Å². The topological polar surface area (TPSA) is 33.0 Å². The Labute approximate surface area is 77.8 Å². The van der Waals surface area contributed by atoms with Gasteiger partial charge in [-0.2, -0.15) is 5.26 Å². The molecule has 66 valence electrons. The molecule has 1 heterocycles. The molecule has 1 aliphatic rings. The standard InChI is InChI=1S/C11H11NO/c12-8-11(6-7-13-9-11)10-4-2-1-3-5-10/h1-5H,6-7,9H2. The Hall–Kier alpha value is -1.33. The fourth-order valence-electron chi connectivity index (χ4n) is 1.70. The van der Waals surface area contributed by atoms with Crippen LogP contribution in [0.25, 0.3) is 0 Å². The highest BCUT2D eigenvalue weighted by Crippen LogP contribution is 2.31. The molecule has 1 unspecified atom stereocenters. The summed E-state index contributed by atoms with van der Waals surface area (Å²) in [5.74, 6) is 0. The smallest absolute Gasteiger partial charge is 0.108 e. The SMILES string of the molecule is N#CC1(c2ccccc2)CCOC1. The number of rotatable bonds is 1. The zero-order chi connectivity index (χ0) is 9.15. The molecule has 1 fully saturated rings. The summed E-state index contributed by atoms with van der Waals surface area (Å²) >= 11 is 0. The lowest BCUT2D eigenvalue weighted by atomic mass is 9.81. The molecule has 0 bridgehead atoms. The summed E-state index contributed by atoms with van der Waals surface area (Å²) in [4.78, 5) is 0. The Morgan fingerprint density at radius 3 is 2.62 bits per heavy atom. The lowest BCUT2D eigenvalue weighted by Crippen LogP contribution is -2.23. The Kier molecular flexibility index (Phi) is 2.03. The molecule has 13 heavy (non-hydrogen) atoms. The molecule has 0 radical (unpaired) electrons. The average Bonchev–Trinajstić information content (AvgIpc) is 2.69. The van der Waals surface area contributed by atoms with E-state index in [2.05, 4.69) is 6.07 Å². The maximum absolute atomic E-state index is 9.14. The lowest BCUT2D eigenvalue weighted by Gasteiger charge is -2.18. The predicted molar refractivity (Wildman–Crippen MR) is 49.2 cm³/mol. The van der Waals surface area contributed by atoms with Gasteiger partial charge in [0, 0.05) is 6.61 Å². The molecular weight excluding hydrogens is 162 g/mol. The largest absolute Gasteiger partial charge is 0.379 e. The number of benzene rings is 1. The van der Waals surface area contributed by atoms with E-state index in [-0.39, 0.29) is 5.41 Å². The zero-order valence-electron chi connectivity index (χ0n) is 7.36. The van der Waals surface area contributed by atoms with Crippen LogP contribution in [-0.2, 0) is 10.2 Å². The zero-order valence-corrected chi connectivity index (χ0v) is 7.36. The number of nitrogens with zero attached hydrogens (tertiary/aromatic N) is 1. The monoisotopic (exact) mass is 173 g/mol. The molecule has 2 rings (SSSR count). The molecule has 2 nitrogen and oxygen atoms in total. The van der Waals surface area contributed by atoms with Crippen LogP contribution in [0.4, 0.5) is 0 Å². The van der Waals surface area contributed by atoms with E-state index in [9.17, 15) is 0 Å². The van der Waals surface area contributed by atoms with E-state index < -0.39 is 0 Å². The van der Waals surface area contributed by atoms with Gasteiger partial charge in [0.25, 0.3) is 0 Å². The molecule has 1 aromatic rings.